The summed E-state index contributed by atoms with van der Waals surface area (Å²) in [4.78, 5) is 16.8. The second kappa shape index (κ2) is 10.1. The largest absolute Gasteiger partial charge is 0.416 e. The SMILES string of the molecule is COC1CC(c2cccc(N3Cc4c(cc(CN5CCC(F)(F)C(C)C5)cc4C(F)(F)F)C3=O)c2)(c2nncn2C)C1. The number of ether oxygens (including phenoxy) is 1. The highest BCUT2D eigenvalue weighted by Crippen LogP contribution is 2.50. The molecule has 7 nitrogen and oxygen atoms in total. The van der Waals surface area contributed by atoms with Crippen molar-refractivity contribution in [3.63, 3.8) is 0 Å². The third kappa shape index (κ3) is 4.78. The summed E-state index contributed by atoms with van der Waals surface area (Å²) >= 11 is 0. The number of nitrogens with zero attached hydrogens (tertiary/aromatic N) is 5. The first-order chi connectivity index (χ1) is 19.8. The monoisotopic (exact) mass is 589 g/mol. The Morgan fingerprint density at radius 3 is 2.55 bits per heavy atom. The predicted octanol–water partition coefficient (Wildman–Crippen LogP) is 5.57. The molecule has 3 aliphatic rings. The van der Waals surface area contributed by atoms with Gasteiger partial charge in [0.1, 0.15) is 12.2 Å². The molecular formula is C30H32F5N5O2. The molecule has 0 bridgehead atoms. The average Bonchev–Trinajstić information content (AvgIpc) is 3.49. The van der Waals surface area contributed by atoms with Crippen molar-refractivity contribution in [1.82, 2.24) is 19.7 Å². The standard InChI is InChI=1S/C30H32F5N5O2/c1-18-14-39(8-7-29(18,31)32)15-19-9-23-24(25(10-19)30(33,34)35)16-40(26(23)41)21-6-4-5-20(11-21)28(12-22(13-28)42-3)27-37-36-17-38(27)2/h4-6,9-11,17-18,22H,7-8,12-16H2,1-3H3. The Labute approximate surface area is 240 Å². The highest BCUT2D eigenvalue weighted by molar-refractivity contribution is 6.10. The molecule has 42 heavy (non-hydrogen) atoms. The van der Waals surface area contributed by atoms with Gasteiger partial charge in [-0.05, 0) is 53.8 Å². The van der Waals surface area contributed by atoms with Gasteiger partial charge in [-0.15, -0.1) is 10.2 Å². The second-order valence-electron chi connectivity index (χ2n) is 11.9. The highest BCUT2D eigenvalue weighted by atomic mass is 19.4. The van der Waals surface area contributed by atoms with Crippen LogP contribution in [0.2, 0.25) is 0 Å². The number of amides is 1. The van der Waals surface area contributed by atoms with E-state index in [1.54, 1.807) is 30.5 Å². The lowest BCUT2D eigenvalue weighted by molar-refractivity contribution is -0.138. The summed E-state index contributed by atoms with van der Waals surface area (Å²) in [5, 5.41) is 8.38. The van der Waals surface area contributed by atoms with Crippen molar-refractivity contribution in [1.29, 1.82) is 0 Å². The Bertz CT molecular complexity index is 1510. The number of aromatic nitrogens is 3. The van der Waals surface area contributed by atoms with E-state index in [0.29, 0.717) is 18.5 Å². The van der Waals surface area contributed by atoms with Crippen LogP contribution < -0.4 is 4.90 Å². The van der Waals surface area contributed by atoms with E-state index in [1.807, 2.05) is 23.7 Å². The lowest BCUT2D eigenvalue weighted by Gasteiger charge is -2.46. The Morgan fingerprint density at radius 2 is 1.90 bits per heavy atom. The van der Waals surface area contributed by atoms with Gasteiger partial charge in [-0.3, -0.25) is 9.69 Å². The van der Waals surface area contributed by atoms with Gasteiger partial charge in [-0.25, -0.2) is 8.78 Å². The minimum atomic E-state index is -4.68. The molecule has 0 spiro atoms. The second-order valence-corrected chi connectivity index (χ2v) is 11.9. The summed E-state index contributed by atoms with van der Waals surface area (Å²) < 4.78 is 78.2. The van der Waals surface area contributed by atoms with E-state index < -0.39 is 34.9 Å². The van der Waals surface area contributed by atoms with Crippen LogP contribution in [-0.2, 0) is 36.5 Å². The fourth-order valence-electron chi connectivity index (χ4n) is 6.71. The van der Waals surface area contributed by atoms with Gasteiger partial charge in [0.15, 0.2) is 0 Å². The molecule has 12 heteroatoms. The molecule has 1 saturated heterocycles. The summed E-state index contributed by atoms with van der Waals surface area (Å²) in [6.45, 7) is 1.41. The number of rotatable bonds is 6. The predicted molar refractivity (Wildman–Crippen MR) is 144 cm³/mol. The maximum Gasteiger partial charge on any atom is 0.416 e. The van der Waals surface area contributed by atoms with Crippen molar-refractivity contribution in [2.75, 3.05) is 25.1 Å². The van der Waals surface area contributed by atoms with E-state index >= 15 is 0 Å². The average molecular weight is 590 g/mol. The first kappa shape index (κ1) is 28.7. The minimum Gasteiger partial charge on any atom is -0.381 e. The van der Waals surface area contributed by atoms with Crippen molar-refractivity contribution in [3.05, 3.63) is 76.4 Å². The molecule has 1 saturated carbocycles. The highest BCUT2D eigenvalue weighted by Gasteiger charge is 2.51. The van der Waals surface area contributed by atoms with Crippen LogP contribution in [0.5, 0.6) is 0 Å². The number of alkyl halides is 5. The summed E-state index contributed by atoms with van der Waals surface area (Å²) in [5.41, 5.74) is 0.181. The molecular weight excluding hydrogens is 557 g/mol. The van der Waals surface area contributed by atoms with Crippen molar-refractivity contribution >= 4 is 11.6 Å². The van der Waals surface area contributed by atoms with Crippen molar-refractivity contribution in [3.8, 4) is 0 Å². The molecule has 6 rings (SSSR count). The number of fused-ring (bicyclic) bond motifs is 1. The van der Waals surface area contributed by atoms with Gasteiger partial charge >= 0.3 is 6.18 Å². The van der Waals surface area contributed by atoms with E-state index in [0.717, 1.165) is 17.5 Å². The lowest BCUT2D eigenvalue weighted by Crippen LogP contribution is -2.48. The molecule has 2 fully saturated rings. The molecule has 0 N–H and O–H groups in total. The minimum absolute atomic E-state index is 0.00767. The number of hydrogen-bond donors (Lipinski definition) is 0. The van der Waals surface area contributed by atoms with Crippen LogP contribution in [-0.4, -0.2) is 57.8 Å². The molecule has 2 aromatic carbocycles. The zero-order valence-electron chi connectivity index (χ0n) is 23.6. The van der Waals surface area contributed by atoms with Gasteiger partial charge in [0.05, 0.1) is 23.6 Å². The number of anilines is 1. The lowest BCUT2D eigenvalue weighted by atomic mass is 9.62. The van der Waals surface area contributed by atoms with Gasteiger partial charge in [0, 0.05) is 57.4 Å². The number of benzene rings is 2. The van der Waals surface area contributed by atoms with Gasteiger partial charge < -0.3 is 14.2 Å². The van der Waals surface area contributed by atoms with Crippen LogP contribution >= 0.6 is 0 Å². The first-order valence-corrected chi connectivity index (χ1v) is 14.0. The Morgan fingerprint density at radius 1 is 1.14 bits per heavy atom. The van der Waals surface area contributed by atoms with Crippen molar-refractivity contribution in [2.45, 2.75) is 62.9 Å². The molecule has 1 amide bonds. The van der Waals surface area contributed by atoms with Crippen molar-refractivity contribution < 1.29 is 31.5 Å². The van der Waals surface area contributed by atoms with E-state index in [1.165, 1.54) is 17.9 Å². The zero-order chi connectivity index (χ0) is 30.0. The maximum absolute atomic E-state index is 14.3. The number of hydrogen-bond acceptors (Lipinski definition) is 5. The molecule has 3 aromatic rings. The van der Waals surface area contributed by atoms with Crippen LogP contribution in [0.25, 0.3) is 0 Å². The van der Waals surface area contributed by atoms with Gasteiger partial charge in [-0.1, -0.05) is 19.1 Å². The number of piperidine rings is 1. The summed E-state index contributed by atoms with van der Waals surface area (Å²) in [7, 11) is 3.50. The van der Waals surface area contributed by atoms with E-state index in [9.17, 15) is 26.7 Å². The van der Waals surface area contributed by atoms with E-state index in [4.69, 9.17) is 4.74 Å². The zero-order valence-corrected chi connectivity index (χ0v) is 23.6. The topological polar surface area (TPSA) is 63.5 Å². The number of likely N-dealkylation sites (tertiary alicyclic amines) is 1. The first-order valence-electron chi connectivity index (χ1n) is 14.0. The van der Waals surface area contributed by atoms with Gasteiger partial charge in [0.2, 0.25) is 0 Å². The Balaban J connectivity index is 1.32. The summed E-state index contributed by atoms with van der Waals surface area (Å²) in [6, 6.07) is 9.83. The number of aryl methyl sites for hydroxylation is 1. The summed E-state index contributed by atoms with van der Waals surface area (Å²) in [5.74, 6) is -3.49. The van der Waals surface area contributed by atoms with Crippen LogP contribution in [0.1, 0.15) is 64.6 Å². The van der Waals surface area contributed by atoms with Gasteiger partial charge in [-0.2, -0.15) is 13.2 Å². The third-order valence-corrected chi connectivity index (χ3v) is 9.16. The molecule has 1 atom stereocenters. The van der Waals surface area contributed by atoms with E-state index in [2.05, 4.69) is 10.2 Å². The van der Waals surface area contributed by atoms with Crippen LogP contribution in [0, 0.1) is 5.92 Å². The molecule has 3 heterocycles. The Hall–Kier alpha value is -3.38. The molecule has 224 valence electrons. The molecule has 1 aliphatic carbocycles. The Kier molecular flexibility index (Phi) is 6.92. The van der Waals surface area contributed by atoms with Gasteiger partial charge in [0.25, 0.3) is 11.8 Å². The molecule has 1 aromatic heterocycles. The smallest absolute Gasteiger partial charge is 0.381 e. The third-order valence-electron chi connectivity index (χ3n) is 9.16. The van der Waals surface area contributed by atoms with Crippen LogP contribution in [0.3, 0.4) is 0 Å². The fraction of sp³-hybridized carbons (Fsp3) is 0.500. The number of methoxy groups -OCH3 is 1. The number of carbonyl (C=O) groups excluding carboxylic acids is 1. The molecule has 1 unspecified atom stereocenters. The molecule has 0 radical (unpaired) electrons. The van der Waals surface area contributed by atoms with Crippen LogP contribution in [0.15, 0.2) is 42.7 Å². The summed E-state index contributed by atoms with van der Waals surface area (Å²) in [6.07, 6.45) is -2.10. The molecule has 2 aliphatic heterocycles. The fourth-order valence-corrected chi connectivity index (χ4v) is 6.71. The number of carbonyl (C=O) groups is 1. The number of halogens is 5. The quantitative estimate of drug-likeness (QED) is 0.352. The van der Waals surface area contributed by atoms with Crippen LogP contribution in [0.4, 0.5) is 27.6 Å². The normalized spacial score (nSPS) is 25.9. The van der Waals surface area contributed by atoms with E-state index in [-0.39, 0.29) is 55.4 Å². The maximum atomic E-state index is 14.3. The van der Waals surface area contributed by atoms with Crippen molar-refractivity contribution in [2.24, 2.45) is 13.0 Å².